The molecule has 158 valence electrons. The number of benzene rings is 1. The summed E-state index contributed by atoms with van der Waals surface area (Å²) in [5.74, 6) is 2.14. The quantitative estimate of drug-likeness (QED) is 0.623. The van der Waals surface area contributed by atoms with Crippen LogP contribution >= 0.6 is 0 Å². The van der Waals surface area contributed by atoms with Crippen molar-refractivity contribution in [3.05, 3.63) is 35.4 Å². The Hall–Kier alpha value is -0.870. The molecule has 1 saturated heterocycles. The molecule has 3 rings (SSSR count). The molecule has 2 aliphatic rings. The first-order valence-electron chi connectivity index (χ1n) is 11.1. The standard InChI is InChI=1S/C24H38O3S/c1-24(2,3)28(25,26)18-21-11-8-19(9-12-21)7-10-20-5-4-6-23(17-20)22-13-15-27-16-14-22/h4-6,17,19,21-22H,7-16,18H2,1-3H3. The van der Waals surface area contributed by atoms with E-state index in [1.807, 2.05) is 20.8 Å². The molecule has 1 aromatic rings. The summed E-state index contributed by atoms with van der Waals surface area (Å²) >= 11 is 0. The topological polar surface area (TPSA) is 43.4 Å². The van der Waals surface area contributed by atoms with Crippen LogP contribution in [-0.4, -0.2) is 32.1 Å². The Bertz CT molecular complexity index is 718. The lowest BCUT2D eigenvalue weighted by Crippen LogP contribution is -2.34. The summed E-state index contributed by atoms with van der Waals surface area (Å²) in [4.78, 5) is 0. The molecule has 0 N–H and O–H groups in total. The van der Waals surface area contributed by atoms with Gasteiger partial charge in [-0.15, -0.1) is 0 Å². The molecule has 1 aromatic carbocycles. The average molecular weight is 407 g/mol. The zero-order valence-electron chi connectivity index (χ0n) is 18.0. The van der Waals surface area contributed by atoms with Gasteiger partial charge in [-0.1, -0.05) is 37.1 Å². The van der Waals surface area contributed by atoms with Gasteiger partial charge in [0.25, 0.3) is 0 Å². The molecular weight excluding hydrogens is 368 g/mol. The fourth-order valence-electron chi connectivity index (χ4n) is 4.65. The van der Waals surface area contributed by atoms with Crippen molar-refractivity contribution >= 4 is 9.84 Å². The summed E-state index contributed by atoms with van der Waals surface area (Å²) in [6, 6.07) is 9.18. The number of hydrogen-bond donors (Lipinski definition) is 0. The van der Waals surface area contributed by atoms with Crippen LogP contribution in [0, 0.1) is 11.8 Å². The maximum atomic E-state index is 12.5. The molecular formula is C24H38O3S. The Morgan fingerprint density at radius 3 is 2.25 bits per heavy atom. The highest BCUT2D eigenvalue weighted by Crippen LogP contribution is 2.34. The van der Waals surface area contributed by atoms with Crippen LogP contribution in [0.1, 0.15) is 82.8 Å². The third kappa shape index (κ3) is 5.82. The van der Waals surface area contributed by atoms with Gasteiger partial charge in [-0.3, -0.25) is 0 Å². The second-order valence-electron chi connectivity index (χ2n) is 9.95. The molecule has 28 heavy (non-hydrogen) atoms. The molecule has 4 heteroatoms. The van der Waals surface area contributed by atoms with Crippen LogP contribution < -0.4 is 0 Å². The fourth-order valence-corrected chi connectivity index (χ4v) is 6.11. The summed E-state index contributed by atoms with van der Waals surface area (Å²) in [6.45, 7) is 7.25. The Morgan fingerprint density at radius 1 is 0.964 bits per heavy atom. The lowest BCUT2D eigenvalue weighted by Gasteiger charge is -2.30. The minimum atomic E-state index is -2.99. The van der Waals surface area contributed by atoms with Crippen molar-refractivity contribution in [1.82, 2.24) is 0 Å². The molecule has 2 fully saturated rings. The molecule has 0 bridgehead atoms. The van der Waals surface area contributed by atoms with Crippen LogP contribution in [0.25, 0.3) is 0 Å². The maximum absolute atomic E-state index is 12.5. The van der Waals surface area contributed by atoms with Crippen molar-refractivity contribution in [1.29, 1.82) is 0 Å². The molecule has 0 atom stereocenters. The van der Waals surface area contributed by atoms with Gasteiger partial charge in [0.1, 0.15) is 0 Å². The summed E-state index contributed by atoms with van der Waals surface area (Å²) in [5, 5.41) is 0. The highest BCUT2D eigenvalue weighted by atomic mass is 32.2. The first-order chi connectivity index (χ1) is 13.2. The Morgan fingerprint density at radius 2 is 1.61 bits per heavy atom. The number of aryl methyl sites for hydroxylation is 1. The summed E-state index contributed by atoms with van der Waals surface area (Å²) < 4.78 is 29.8. The van der Waals surface area contributed by atoms with Crippen molar-refractivity contribution in [3.63, 3.8) is 0 Å². The zero-order valence-corrected chi connectivity index (χ0v) is 18.8. The number of hydrogen-bond acceptors (Lipinski definition) is 3. The summed E-state index contributed by atoms with van der Waals surface area (Å²) in [6.07, 6.45) is 9.18. The van der Waals surface area contributed by atoms with Crippen LogP contribution in [0.2, 0.25) is 0 Å². The Labute approximate surface area is 172 Å². The summed E-state index contributed by atoms with van der Waals surface area (Å²) in [5.41, 5.74) is 2.94. The molecule has 1 aliphatic carbocycles. The van der Waals surface area contributed by atoms with Gasteiger partial charge in [0, 0.05) is 13.2 Å². The largest absolute Gasteiger partial charge is 0.381 e. The van der Waals surface area contributed by atoms with E-state index in [1.54, 1.807) is 0 Å². The highest BCUT2D eigenvalue weighted by Gasteiger charge is 2.33. The molecule has 1 aliphatic heterocycles. The van der Waals surface area contributed by atoms with Crippen molar-refractivity contribution in [2.45, 2.75) is 82.8 Å². The van der Waals surface area contributed by atoms with Gasteiger partial charge < -0.3 is 4.74 Å². The van der Waals surface area contributed by atoms with Crippen molar-refractivity contribution < 1.29 is 13.2 Å². The third-order valence-corrected chi connectivity index (χ3v) is 9.62. The second kappa shape index (κ2) is 9.30. The van der Waals surface area contributed by atoms with Crippen LogP contribution in [0.4, 0.5) is 0 Å². The van der Waals surface area contributed by atoms with Gasteiger partial charge in [0.05, 0.1) is 10.5 Å². The first kappa shape index (κ1) is 21.8. The highest BCUT2D eigenvalue weighted by molar-refractivity contribution is 7.92. The Kier molecular flexibility index (Phi) is 7.25. The molecule has 1 saturated carbocycles. The van der Waals surface area contributed by atoms with Gasteiger partial charge in [-0.25, -0.2) is 8.42 Å². The number of ether oxygens (including phenoxy) is 1. The van der Waals surface area contributed by atoms with E-state index in [4.69, 9.17) is 4.74 Å². The number of sulfone groups is 1. The number of rotatable bonds is 6. The first-order valence-corrected chi connectivity index (χ1v) is 12.8. The molecule has 0 amide bonds. The average Bonchev–Trinajstić information content (AvgIpc) is 2.67. The molecule has 0 aromatic heterocycles. The van der Waals surface area contributed by atoms with E-state index in [2.05, 4.69) is 24.3 Å². The predicted octanol–water partition coefficient (Wildman–Crippen LogP) is 5.53. The maximum Gasteiger partial charge on any atom is 0.155 e. The van der Waals surface area contributed by atoms with Crippen molar-refractivity contribution in [2.24, 2.45) is 11.8 Å². The Balaban J connectivity index is 1.46. The monoisotopic (exact) mass is 406 g/mol. The van der Waals surface area contributed by atoms with Crippen molar-refractivity contribution in [2.75, 3.05) is 19.0 Å². The van der Waals surface area contributed by atoms with E-state index in [-0.39, 0.29) is 0 Å². The molecule has 0 spiro atoms. The predicted molar refractivity (Wildman–Crippen MR) is 117 cm³/mol. The van der Waals surface area contributed by atoms with Gasteiger partial charge in [0.2, 0.25) is 0 Å². The fraction of sp³-hybridized carbons (Fsp3) is 0.750. The van der Waals surface area contributed by atoms with E-state index in [1.165, 1.54) is 30.4 Å². The van der Waals surface area contributed by atoms with E-state index < -0.39 is 14.6 Å². The second-order valence-corrected chi connectivity index (χ2v) is 12.7. The molecule has 0 radical (unpaired) electrons. The van der Waals surface area contributed by atoms with Crippen LogP contribution in [0.3, 0.4) is 0 Å². The third-order valence-electron chi connectivity index (χ3n) is 6.84. The summed E-state index contributed by atoms with van der Waals surface area (Å²) in [7, 11) is -2.99. The van der Waals surface area contributed by atoms with Gasteiger partial charge in [-0.05, 0) is 88.2 Å². The normalized spacial score (nSPS) is 25.0. The molecule has 1 heterocycles. The minimum Gasteiger partial charge on any atom is -0.381 e. The molecule has 0 unspecified atom stereocenters. The van der Waals surface area contributed by atoms with Gasteiger partial charge >= 0.3 is 0 Å². The van der Waals surface area contributed by atoms with Crippen molar-refractivity contribution in [3.8, 4) is 0 Å². The van der Waals surface area contributed by atoms with Gasteiger partial charge in [-0.2, -0.15) is 0 Å². The van der Waals surface area contributed by atoms with Crippen LogP contribution in [0.15, 0.2) is 24.3 Å². The van der Waals surface area contributed by atoms with E-state index in [0.717, 1.165) is 51.2 Å². The van der Waals surface area contributed by atoms with E-state index >= 15 is 0 Å². The van der Waals surface area contributed by atoms with E-state index in [9.17, 15) is 8.42 Å². The lowest BCUT2D eigenvalue weighted by atomic mass is 9.80. The van der Waals surface area contributed by atoms with E-state index in [0.29, 0.717) is 17.6 Å². The smallest absolute Gasteiger partial charge is 0.155 e. The van der Waals surface area contributed by atoms with Gasteiger partial charge in [0.15, 0.2) is 9.84 Å². The lowest BCUT2D eigenvalue weighted by molar-refractivity contribution is 0.0853. The van der Waals surface area contributed by atoms with Crippen LogP contribution in [0.5, 0.6) is 0 Å². The van der Waals surface area contributed by atoms with Crippen LogP contribution in [-0.2, 0) is 21.0 Å². The zero-order chi connectivity index (χ0) is 20.2. The SMILES string of the molecule is CC(C)(C)S(=O)(=O)CC1CCC(CCc2cccc(C3CCOCC3)c2)CC1. The molecule has 3 nitrogen and oxygen atoms in total. The minimum absolute atomic E-state index is 0.359.